The minimum Gasteiger partial charge on any atom is -0.466 e. The number of esters is 1. The quantitative estimate of drug-likeness (QED) is 0.0579. The first-order chi connectivity index (χ1) is 15.5. The van der Waals surface area contributed by atoms with Crippen LogP contribution in [0.25, 0.3) is 0 Å². The van der Waals surface area contributed by atoms with Crippen LogP contribution in [0.2, 0.25) is 0 Å². The highest BCUT2D eigenvalue weighted by molar-refractivity contribution is 8.93. The van der Waals surface area contributed by atoms with Crippen LogP contribution in [0.3, 0.4) is 0 Å². The van der Waals surface area contributed by atoms with E-state index in [0.717, 1.165) is 0 Å². The van der Waals surface area contributed by atoms with E-state index in [-0.39, 0.29) is 23.0 Å². The zero-order valence-corrected chi connectivity index (χ0v) is 25.8. The lowest BCUT2D eigenvalue weighted by Gasteiger charge is -2.18. The first kappa shape index (κ1) is 37.7. The van der Waals surface area contributed by atoms with Gasteiger partial charge in [-0.05, 0) is 44.7 Å². The van der Waals surface area contributed by atoms with Gasteiger partial charge in [0, 0.05) is 5.57 Å². The largest absolute Gasteiger partial charge is 0.466 e. The summed E-state index contributed by atoms with van der Waals surface area (Å²) in [6.07, 6.45) is 31.2. The third-order valence-electron chi connectivity index (χ3n) is 6.02. The molecule has 0 spiro atoms. The van der Waals surface area contributed by atoms with Crippen LogP contribution in [-0.2, 0) is 9.53 Å². The molecule has 200 valence electrons. The van der Waals surface area contributed by atoms with Crippen molar-refractivity contribution in [1.82, 2.24) is 0 Å². The molecule has 0 saturated heterocycles. The van der Waals surface area contributed by atoms with Gasteiger partial charge in [0.05, 0.1) is 7.11 Å². The lowest BCUT2D eigenvalue weighted by molar-refractivity contribution is -0.136. The summed E-state index contributed by atoms with van der Waals surface area (Å²) in [5, 5.41) is 0. The molecule has 0 aromatic rings. The van der Waals surface area contributed by atoms with Crippen molar-refractivity contribution in [3.63, 3.8) is 0 Å². The van der Waals surface area contributed by atoms with Crippen LogP contribution in [0.15, 0.2) is 12.2 Å². The second-order valence-electron chi connectivity index (χ2n) is 9.42. The predicted octanol–water partition coefficient (Wildman–Crippen LogP) is 10.9. The van der Waals surface area contributed by atoms with Crippen LogP contribution in [0, 0.1) is 0 Å². The molecule has 0 radical (unpaired) electrons. The van der Waals surface area contributed by atoms with Crippen molar-refractivity contribution >= 4 is 30.9 Å². The molecule has 0 aromatic heterocycles. The molecule has 4 heteroatoms. The highest BCUT2D eigenvalue weighted by atomic mass is 79.9. The Morgan fingerprint density at radius 1 is 0.606 bits per heavy atom. The normalized spacial score (nSPS) is 10.4. The molecular formula is C29H60BrO2P. The maximum Gasteiger partial charge on any atom is 0.332 e. The van der Waals surface area contributed by atoms with Crippen LogP contribution in [0.5, 0.6) is 0 Å². The average molecular weight is 552 g/mol. The van der Waals surface area contributed by atoms with Crippen LogP contribution >= 0.6 is 24.9 Å². The van der Waals surface area contributed by atoms with Gasteiger partial charge in [0.1, 0.15) is 0 Å². The summed E-state index contributed by atoms with van der Waals surface area (Å²) >= 11 is 0. The second kappa shape index (κ2) is 32.1. The number of unbranched alkanes of at least 4 members (excludes halogenated alkanes) is 15. The van der Waals surface area contributed by atoms with Crippen LogP contribution < -0.4 is 0 Å². The maximum absolute atomic E-state index is 10.2. The van der Waals surface area contributed by atoms with Gasteiger partial charge in [0.25, 0.3) is 0 Å². The predicted molar refractivity (Wildman–Crippen MR) is 159 cm³/mol. The maximum atomic E-state index is 10.2. The van der Waals surface area contributed by atoms with Crippen LogP contribution in [0.4, 0.5) is 0 Å². The number of halogens is 1. The SMILES string of the molecule is Br.C=C(C)C(=O)OC.CCCCCCCCP(CCCCCCCC)CCCCCCCC. The highest BCUT2D eigenvalue weighted by Crippen LogP contribution is 2.39. The average Bonchev–Trinajstić information content (AvgIpc) is 2.79. The fourth-order valence-corrected chi connectivity index (χ4v) is 6.54. The zero-order chi connectivity index (χ0) is 24.3. The van der Waals surface area contributed by atoms with E-state index in [2.05, 4.69) is 32.1 Å². The van der Waals surface area contributed by atoms with E-state index < -0.39 is 0 Å². The molecular weight excluding hydrogens is 491 g/mol. The van der Waals surface area contributed by atoms with E-state index in [1.54, 1.807) is 25.4 Å². The highest BCUT2D eigenvalue weighted by Gasteiger charge is 2.07. The van der Waals surface area contributed by atoms with E-state index in [4.69, 9.17) is 0 Å². The summed E-state index contributed by atoms with van der Waals surface area (Å²) < 4.78 is 4.27. The number of methoxy groups -OCH3 is 1. The smallest absolute Gasteiger partial charge is 0.332 e. The molecule has 0 bridgehead atoms. The fraction of sp³-hybridized carbons (Fsp3) is 0.897. The molecule has 0 N–H and O–H groups in total. The van der Waals surface area contributed by atoms with Gasteiger partial charge in [-0.15, -0.1) is 24.9 Å². The minimum absolute atomic E-state index is 0. The van der Waals surface area contributed by atoms with Gasteiger partial charge < -0.3 is 4.74 Å². The Morgan fingerprint density at radius 2 is 0.879 bits per heavy atom. The third-order valence-corrected chi connectivity index (χ3v) is 8.86. The molecule has 0 aliphatic heterocycles. The van der Waals surface area contributed by atoms with Gasteiger partial charge in [-0.2, -0.15) is 0 Å². The van der Waals surface area contributed by atoms with Gasteiger partial charge >= 0.3 is 5.97 Å². The summed E-state index contributed by atoms with van der Waals surface area (Å²) in [5.74, 6) is -0.347. The number of rotatable bonds is 22. The number of ether oxygens (including phenoxy) is 1. The molecule has 0 atom stereocenters. The molecule has 0 amide bonds. The molecule has 0 aliphatic carbocycles. The van der Waals surface area contributed by atoms with Gasteiger partial charge in [-0.3, -0.25) is 0 Å². The Bertz CT molecular complexity index is 363. The Labute approximate surface area is 221 Å². The standard InChI is InChI=1S/C24H51P.C5H8O2.BrH/c1-4-7-10-13-16-19-22-25(23-20-17-14-11-8-5-2)24-21-18-15-12-9-6-3;1-4(2)5(6)7-3;/h4-24H2,1-3H3;1H2,2-3H3;1H. The molecule has 2 nitrogen and oxygen atoms in total. The summed E-state index contributed by atoms with van der Waals surface area (Å²) in [7, 11) is 1.70. The first-order valence-corrected chi connectivity index (χ1v) is 15.9. The van der Waals surface area contributed by atoms with Crippen molar-refractivity contribution in [2.45, 2.75) is 143 Å². The van der Waals surface area contributed by atoms with E-state index in [0.29, 0.717) is 13.5 Å². The Balaban J connectivity index is -0.000000969. The van der Waals surface area contributed by atoms with E-state index in [1.807, 2.05) is 0 Å². The number of hydrogen-bond acceptors (Lipinski definition) is 2. The van der Waals surface area contributed by atoms with Crippen molar-refractivity contribution in [3.05, 3.63) is 12.2 Å². The van der Waals surface area contributed by atoms with Gasteiger partial charge in [-0.1, -0.05) is 124 Å². The molecule has 0 rings (SSSR count). The van der Waals surface area contributed by atoms with Crippen molar-refractivity contribution in [2.24, 2.45) is 0 Å². The third kappa shape index (κ3) is 32.1. The van der Waals surface area contributed by atoms with Gasteiger partial charge in [0.15, 0.2) is 0 Å². The van der Waals surface area contributed by atoms with Crippen molar-refractivity contribution < 1.29 is 9.53 Å². The molecule has 0 heterocycles. The van der Waals surface area contributed by atoms with Crippen molar-refractivity contribution in [1.29, 1.82) is 0 Å². The van der Waals surface area contributed by atoms with E-state index >= 15 is 0 Å². The first-order valence-electron chi connectivity index (χ1n) is 14.0. The number of carbonyl (C=O) groups is 1. The van der Waals surface area contributed by atoms with E-state index in [9.17, 15) is 4.79 Å². The Morgan fingerprint density at radius 3 is 1.09 bits per heavy atom. The summed E-state index contributed by atoms with van der Waals surface area (Å²) in [6, 6.07) is 0. The molecule has 0 aliphatic rings. The van der Waals surface area contributed by atoms with Crippen molar-refractivity contribution in [3.8, 4) is 0 Å². The van der Waals surface area contributed by atoms with Gasteiger partial charge in [0.2, 0.25) is 0 Å². The topological polar surface area (TPSA) is 26.3 Å². The molecule has 33 heavy (non-hydrogen) atoms. The lowest BCUT2D eigenvalue weighted by atomic mass is 10.1. The van der Waals surface area contributed by atoms with Crippen LogP contribution in [-0.4, -0.2) is 31.6 Å². The van der Waals surface area contributed by atoms with E-state index in [1.165, 1.54) is 123 Å². The summed E-state index contributed by atoms with van der Waals surface area (Å²) in [4.78, 5) is 10.2. The minimum atomic E-state index is -0.347. The molecule has 0 fully saturated rings. The second-order valence-corrected chi connectivity index (χ2v) is 12.1. The summed E-state index contributed by atoms with van der Waals surface area (Å²) in [5.41, 5.74) is 0.433. The Hall–Kier alpha value is 0.120. The molecule has 0 unspecified atom stereocenters. The fourth-order valence-electron chi connectivity index (χ4n) is 3.86. The molecule has 0 aromatic carbocycles. The number of carbonyl (C=O) groups excluding carboxylic acids is 1. The summed E-state index contributed by atoms with van der Waals surface area (Å²) in [6.45, 7) is 11.9. The van der Waals surface area contributed by atoms with Crippen molar-refractivity contribution in [2.75, 3.05) is 25.6 Å². The monoisotopic (exact) mass is 550 g/mol. The zero-order valence-electron chi connectivity index (χ0n) is 23.2. The Kier molecular flexibility index (Phi) is 36.7. The molecule has 0 saturated carbocycles. The van der Waals surface area contributed by atoms with Gasteiger partial charge in [-0.25, -0.2) is 4.79 Å². The lowest BCUT2D eigenvalue weighted by Crippen LogP contribution is -1.98. The van der Waals surface area contributed by atoms with Crippen LogP contribution in [0.1, 0.15) is 143 Å². The number of hydrogen-bond donors (Lipinski definition) is 0.